The summed E-state index contributed by atoms with van der Waals surface area (Å²) in [6.07, 6.45) is 11.0. The number of H-pyrrole nitrogens is 1. The Morgan fingerprint density at radius 3 is 2.51 bits per heavy atom. The van der Waals surface area contributed by atoms with Crippen LogP contribution in [0.15, 0.2) is 84.4 Å². The van der Waals surface area contributed by atoms with E-state index in [1.165, 1.54) is 66.9 Å². The van der Waals surface area contributed by atoms with E-state index < -0.39 is 42.9 Å². The molecule has 16 heteroatoms. The van der Waals surface area contributed by atoms with Crippen LogP contribution in [-0.4, -0.2) is 83.6 Å². The van der Waals surface area contributed by atoms with Crippen LogP contribution in [-0.2, 0) is 10.0 Å². The molecule has 2 saturated carbocycles. The van der Waals surface area contributed by atoms with E-state index in [2.05, 4.69) is 74.5 Å². The number of benzene rings is 3. The van der Waals surface area contributed by atoms with E-state index in [-0.39, 0.29) is 50.8 Å². The number of hydrogen-bond donors (Lipinski definition) is 4. The van der Waals surface area contributed by atoms with E-state index in [1.54, 1.807) is 19.1 Å². The molecule has 5 aromatic rings. The van der Waals surface area contributed by atoms with Gasteiger partial charge in [0.25, 0.3) is 21.6 Å². The van der Waals surface area contributed by atoms with Crippen molar-refractivity contribution in [1.82, 2.24) is 19.6 Å². The van der Waals surface area contributed by atoms with Crippen molar-refractivity contribution in [2.24, 2.45) is 11.3 Å². The Bertz CT molecular complexity index is 2800. The maximum absolute atomic E-state index is 14.8. The summed E-state index contributed by atoms with van der Waals surface area (Å²) in [6, 6.07) is 19.3. The molecule has 354 valence electrons. The number of nitro groups is 1. The minimum atomic E-state index is -4.65. The average molecular weight is 934 g/mol. The van der Waals surface area contributed by atoms with Crippen molar-refractivity contribution in [3.63, 3.8) is 0 Å². The number of aliphatic hydroxyl groups is 1. The zero-order valence-electron chi connectivity index (χ0n) is 38.4. The molecule has 0 radical (unpaired) electrons. The van der Waals surface area contributed by atoms with E-state index in [0.29, 0.717) is 37.3 Å². The molecule has 4 heterocycles. The van der Waals surface area contributed by atoms with Crippen molar-refractivity contribution in [3.8, 4) is 11.5 Å². The molecule has 2 aliphatic carbocycles. The van der Waals surface area contributed by atoms with Crippen molar-refractivity contribution in [3.05, 3.63) is 118 Å². The first-order chi connectivity index (χ1) is 32.0. The molecule has 2 atom stereocenters. The standard InChI is InChI=1S/C51H60FN7O7S/c1-5-42-47(27-40-41(52)29-54-48(40)55-42)66-46-25-34(57-23-21-51(22-24-57)30-58(31-51)44-12-8-11-38(44)37-10-7-6-9-36(37)32(2)3)13-15-39(46)49(60)56-67(64,65)35-14-16-43(45(26-35)59(62)63)53-28-33-17-19-50(4,61)20-18-33/h5-7,9-10,13-16,25-27,29,32-33,38,44,53,61H,1,8,11-12,17-24,28,30-31H2,2-4H3,(H,54,55)(H,56,60)/t33?,38-,44?,50?/m0/s1. The zero-order chi connectivity index (χ0) is 47.3. The van der Waals surface area contributed by atoms with Crippen LogP contribution in [0.2, 0.25) is 0 Å². The second kappa shape index (κ2) is 18.3. The van der Waals surface area contributed by atoms with E-state index in [4.69, 9.17) is 4.74 Å². The monoisotopic (exact) mass is 933 g/mol. The van der Waals surface area contributed by atoms with Crippen molar-refractivity contribution >= 4 is 50.1 Å². The van der Waals surface area contributed by atoms with Crippen molar-refractivity contribution in [2.75, 3.05) is 42.9 Å². The van der Waals surface area contributed by atoms with Gasteiger partial charge in [-0.25, -0.2) is 22.5 Å². The lowest BCUT2D eigenvalue weighted by Gasteiger charge is -2.57. The lowest BCUT2D eigenvalue weighted by Crippen LogP contribution is -2.63. The number of sulfonamides is 1. The van der Waals surface area contributed by atoms with Crippen LogP contribution in [0.1, 0.15) is 118 Å². The number of carbonyl (C=O) groups is 1. The number of nitrogens with one attached hydrogen (secondary N) is 3. The average Bonchev–Trinajstić information content (AvgIpc) is 3.93. The number of anilines is 2. The Balaban J connectivity index is 0.928. The molecule has 1 amide bonds. The molecule has 3 aromatic carbocycles. The second-order valence-corrected chi connectivity index (χ2v) is 21.5. The van der Waals surface area contributed by atoms with Crippen LogP contribution >= 0.6 is 0 Å². The first-order valence-corrected chi connectivity index (χ1v) is 25.0. The minimum absolute atomic E-state index is 0.00390. The highest BCUT2D eigenvalue weighted by Crippen LogP contribution is 2.49. The van der Waals surface area contributed by atoms with Gasteiger partial charge in [-0.15, -0.1) is 0 Å². The number of fused-ring (bicyclic) bond motifs is 1. The van der Waals surface area contributed by atoms with Gasteiger partial charge in [0.2, 0.25) is 0 Å². The van der Waals surface area contributed by atoms with Crippen molar-refractivity contribution in [1.29, 1.82) is 0 Å². The van der Waals surface area contributed by atoms with Gasteiger partial charge in [0.1, 0.15) is 28.6 Å². The van der Waals surface area contributed by atoms with Gasteiger partial charge in [-0.1, -0.05) is 51.1 Å². The summed E-state index contributed by atoms with van der Waals surface area (Å²) in [5, 5.41) is 25.8. The molecule has 67 heavy (non-hydrogen) atoms. The number of piperidine rings is 1. The Kier molecular flexibility index (Phi) is 12.7. The molecule has 4 fully saturated rings. The number of halogens is 1. The zero-order valence-corrected chi connectivity index (χ0v) is 39.2. The number of nitro benzene ring substituents is 1. The van der Waals surface area contributed by atoms with Gasteiger partial charge in [-0.3, -0.25) is 19.8 Å². The van der Waals surface area contributed by atoms with Gasteiger partial charge < -0.3 is 25.0 Å². The summed E-state index contributed by atoms with van der Waals surface area (Å²) in [5.74, 6) is -0.277. The van der Waals surface area contributed by atoms with Crippen molar-refractivity contribution in [2.45, 2.75) is 107 Å². The third kappa shape index (κ3) is 9.53. The first-order valence-electron chi connectivity index (χ1n) is 23.5. The molecule has 9 rings (SSSR count). The summed E-state index contributed by atoms with van der Waals surface area (Å²) in [5.41, 5.74) is 3.31. The number of nitrogens with zero attached hydrogens (tertiary/aromatic N) is 4. The largest absolute Gasteiger partial charge is 0.454 e. The molecule has 2 aliphatic heterocycles. The number of likely N-dealkylation sites (tertiary alicyclic amines) is 1. The number of aromatic nitrogens is 2. The van der Waals surface area contributed by atoms with Crippen LogP contribution in [0.3, 0.4) is 0 Å². The highest BCUT2D eigenvalue weighted by atomic mass is 32.2. The second-order valence-electron chi connectivity index (χ2n) is 19.9. The summed E-state index contributed by atoms with van der Waals surface area (Å²) >= 11 is 0. The Morgan fingerprint density at radius 1 is 1.04 bits per heavy atom. The number of ether oxygens (including phenoxy) is 1. The summed E-state index contributed by atoms with van der Waals surface area (Å²) < 4.78 is 51.0. The third-order valence-corrected chi connectivity index (χ3v) is 16.3. The van der Waals surface area contributed by atoms with Gasteiger partial charge in [-0.05, 0) is 129 Å². The molecule has 1 unspecified atom stereocenters. The summed E-state index contributed by atoms with van der Waals surface area (Å²) in [7, 11) is -4.65. The van der Waals surface area contributed by atoms with Crippen LogP contribution in [0.25, 0.3) is 17.1 Å². The van der Waals surface area contributed by atoms with Gasteiger partial charge in [0.15, 0.2) is 5.75 Å². The smallest absolute Gasteiger partial charge is 0.293 e. The normalized spacial score (nSPS) is 23.0. The number of rotatable bonds is 14. The highest BCUT2D eigenvalue weighted by molar-refractivity contribution is 7.90. The molecule has 1 spiro atoms. The minimum Gasteiger partial charge on any atom is -0.454 e. The van der Waals surface area contributed by atoms with Gasteiger partial charge in [0, 0.05) is 62.8 Å². The molecule has 0 bridgehead atoms. The first kappa shape index (κ1) is 46.3. The fourth-order valence-electron chi connectivity index (χ4n) is 11.0. The molecule has 2 saturated heterocycles. The SMILES string of the molecule is C=Cc1nc2[nH]cc(F)c2cc1Oc1cc(N2CCC3(CC2)CN(C2CCC[C@H]2c2ccccc2C(C)C)C3)ccc1C(=O)NS(=O)(=O)c1ccc(NCC2CCC(C)(O)CC2)c([N+](=O)[O-])c1. The van der Waals surface area contributed by atoms with E-state index >= 15 is 0 Å². The number of hydrogen-bond acceptors (Lipinski definition) is 11. The predicted octanol–water partition coefficient (Wildman–Crippen LogP) is 9.88. The Hall–Kier alpha value is -5.84. The fourth-order valence-corrected chi connectivity index (χ4v) is 12.0. The third-order valence-electron chi connectivity index (χ3n) is 14.9. The Labute approximate surface area is 391 Å². The highest BCUT2D eigenvalue weighted by Gasteiger charge is 2.49. The van der Waals surface area contributed by atoms with Crippen LogP contribution in [0, 0.1) is 27.3 Å². The Morgan fingerprint density at radius 2 is 1.79 bits per heavy atom. The molecular formula is C51H60FN7O7S. The van der Waals surface area contributed by atoms with E-state index in [0.717, 1.165) is 63.6 Å². The number of pyridine rings is 1. The maximum Gasteiger partial charge on any atom is 0.293 e. The van der Waals surface area contributed by atoms with Crippen LogP contribution in [0.5, 0.6) is 11.5 Å². The topological polar surface area (TPSA) is 183 Å². The summed E-state index contributed by atoms with van der Waals surface area (Å²) in [6.45, 7) is 14.3. The number of amides is 1. The van der Waals surface area contributed by atoms with Crippen LogP contribution < -0.4 is 19.7 Å². The molecule has 4 N–H and O–H groups in total. The fraction of sp³-hybridized carbons (Fsp3) is 0.451. The van der Waals surface area contributed by atoms with Gasteiger partial charge in [0.05, 0.1) is 26.4 Å². The van der Waals surface area contributed by atoms with Gasteiger partial charge >= 0.3 is 0 Å². The maximum atomic E-state index is 14.8. The molecular weight excluding hydrogens is 874 g/mol. The van der Waals surface area contributed by atoms with Crippen LogP contribution in [0.4, 0.5) is 21.5 Å². The molecule has 2 aromatic heterocycles. The molecule has 4 aliphatic rings. The lowest BCUT2D eigenvalue weighted by molar-refractivity contribution is -0.384. The predicted molar refractivity (Wildman–Crippen MR) is 258 cm³/mol. The van der Waals surface area contributed by atoms with Gasteiger partial charge in [-0.2, -0.15) is 0 Å². The van der Waals surface area contributed by atoms with E-state index in [1.807, 2.05) is 0 Å². The molecule has 14 nitrogen and oxygen atoms in total. The van der Waals surface area contributed by atoms with Crippen molar-refractivity contribution < 1.29 is 32.4 Å². The number of aromatic amines is 1. The van der Waals surface area contributed by atoms with E-state index in [9.17, 15) is 32.8 Å². The summed E-state index contributed by atoms with van der Waals surface area (Å²) in [4.78, 5) is 37.3. The quantitative estimate of drug-likeness (QED) is 0.0614. The number of carbonyl (C=O) groups excluding carboxylic acids is 1. The lowest BCUT2D eigenvalue weighted by atomic mass is 9.70.